The Balaban J connectivity index is 2.59. The maximum atomic E-state index is 11.4. The lowest BCUT2D eigenvalue weighted by Gasteiger charge is -2.04. The molecule has 0 aliphatic rings. The van der Waals surface area contributed by atoms with Crippen molar-refractivity contribution in [2.75, 3.05) is 13.2 Å². The van der Waals surface area contributed by atoms with E-state index in [1.165, 1.54) is 12.3 Å². The lowest BCUT2D eigenvalue weighted by Crippen LogP contribution is -2.21. The summed E-state index contributed by atoms with van der Waals surface area (Å²) < 4.78 is 9.59. The molecule has 1 rings (SSSR count). The molecule has 0 aliphatic heterocycles. The van der Waals surface area contributed by atoms with E-state index in [1.807, 2.05) is 0 Å². The van der Waals surface area contributed by atoms with Gasteiger partial charge in [-0.1, -0.05) is 6.58 Å². The number of hydrogen-bond acceptors (Lipinski definition) is 4. The van der Waals surface area contributed by atoms with Gasteiger partial charge in [0, 0.05) is 5.69 Å². The summed E-state index contributed by atoms with van der Waals surface area (Å²) in [5.41, 5.74) is 0.232. The Labute approximate surface area is 92.7 Å². The summed E-state index contributed by atoms with van der Waals surface area (Å²) in [4.78, 5) is 25.3. The van der Waals surface area contributed by atoms with Crippen LogP contribution < -0.4 is 5.56 Å². The molecule has 0 saturated heterocycles. The van der Waals surface area contributed by atoms with Gasteiger partial charge < -0.3 is 14.5 Å². The van der Waals surface area contributed by atoms with E-state index in [2.05, 4.69) is 11.6 Å². The van der Waals surface area contributed by atoms with E-state index in [4.69, 9.17) is 9.47 Å². The van der Waals surface area contributed by atoms with Crippen LogP contribution in [0.3, 0.4) is 0 Å². The molecule has 1 aromatic heterocycles. The molecule has 0 fully saturated rings. The Kier molecular flexibility index (Phi) is 4.32. The Hall–Kier alpha value is -2.04. The maximum absolute atomic E-state index is 11.4. The largest absolute Gasteiger partial charge is 0.498 e. The lowest BCUT2D eigenvalue weighted by molar-refractivity contribution is 0.0419. The molecule has 86 valence electrons. The van der Waals surface area contributed by atoms with Crippen molar-refractivity contribution in [3.8, 4) is 0 Å². The van der Waals surface area contributed by atoms with Crippen LogP contribution in [-0.4, -0.2) is 24.2 Å². The summed E-state index contributed by atoms with van der Waals surface area (Å²) in [6.45, 7) is 5.37. The highest BCUT2D eigenvalue weighted by Gasteiger charge is 2.11. The minimum absolute atomic E-state index is 0.01000. The van der Waals surface area contributed by atoms with E-state index >= 15 is 0 Å². The Morgan fingerprint density at radius 2 is 2.25 bits per heavy atom. The van der Waals surface area contributed by atoms with Gasteiger partial charge in [-0.2, -0.15) is 0 Å². The summed E-state index contributed by atoms with van der Waals surface area (Å²) in [5, 5.41) is 0. The molecule has 1 aromatic rings. The summed E-state index contributed by atoms with van der Waals surface area (Å²) in [6, 6.07) is 3.07. The van der Waals surface area contributed by atoms with Gasteiger partial charge in [-0.3, -0.25) is 4.79 Å². The minimum Gasteiger partial charge on any atom is -0.498 e. The van der Waals surface area contributed by atoms with E-state index in [-0.39, 0.29) is 18.8 Å². The van der Waals surface area contributed by atoms with Gasteiger partial charge in [0.2, 0.25) is 0 Å². The van der Waals surface area contributed by atoms with E-state index < -0.39 is 11.5 Å². The molecule has 16 heavy (non-hydrogen) atoms. The van der Waals surface area contributed by atoms with Crippen LogP contribution in [0.15, 0.2) is 29.8 Å². The summed E-state index contributed by atoms with van der Waals surface area (Å²) in [6.07, 6.45) is 1.26. The number of hydrogen-bond donors (Lipinski definition) is 1. The maximum Gasteiger partial charge on any atom is 0.343 e. The first-order valence-electron chi connectivity index (χ1n) is 4.74. The Bertz CT molecular complexity index is 436. The van der Waals surface area contributed by atoms with Crippen molar-refractivity contribution in [3.05, 3.63) is 46.6 Å². The third-order valence-corrected chi connectivity index (χ3v) is 1.83. The van der Waals surface area contributed by atoms with Crippen LogP contribution in [0.5, 0.6) is 0 Å². The molecular weight excluding hydrogens is 210 g/mol. The first-order chi connectivity index (χ1) is 7.65. The lowest BCUT2D eigenvalue weighted by atomic mass is 10.2. The number of pyridine rings is 1. The SMILES string of the molecule is C=COCCOC(=O)c1ccc(C)[nH]c1=O. The number of esters is 1. The molecule has 0 spiro atoms. The minimum atomic E-state index is -0.658. The zero-order valence-corrected chi connectivity index (χ0v) is 8.99. The van der Waals surface area contributed by atoms with Crippen molar-refractivity contribution in [2.45, 2.75) is 6.92 Å². The predicted octanol–water partition coefficient (Wildman–Crippen LogP) is 1.00. The number of rotatable bonds is 5. The summed E-state index contributed by atoms with van der Waals surface area (Å²) in [5.74, 6) is -0.658. The van der Waals surface area contributed by atoms with Crippen molar-refractivity contribution in [2.24, 2.45) is 0 Å². The van der Waals surface area contributed by atoms with Crippen molar-refractivity contribution in [1.29, 1.82) is 0 Å². The second-order valence-electron chi connectivity index (χ2n) is 3.06. The number of aromatic nitrogens is 1. The second-order valence-corrected chi connectivity index (χ2v) is 3.06. The fraction of sp³-hybridized carbons (Fsp3) is 0.273. The van der Waals surface area contributed by atoms with Gasteiger partial charge in [-0.15, -0.1) is 0 Å². The van der Waals surface area contributed by atoms with Gasteiger partial charge in [-0.25, -0.2) is 4.79 Å². The number of aromatic amines is 1. The zero-order chi connectivity index (χ0) is 12.0. The Morgan fingerprint density at radius 1 is 1.50 bits per heavy atom. The third kappa shape index (κ3) is 3.27. The number of H-pyrrole nitrogens is 1. The second kappa shape index (κ2) is 5.75. The van der Waals surface area contributed by atoms with E-state index in [1.54, 1.807) is 13.0 Å². The van der Waals surface area contributed by atoms with Gasteiger partial charge >= 0.3 is 5.97 Å². The summed E-state index contributed by atoms with van der Waals surface area (Å²) >= 11 is 0. The number of carbonyl (C=O) groups excluding carboxylic acids is 1. The van der Waals surface area contributed by atoms with E-state index in [0.29, 0.717) is 5.69 Å². The molecule has 0 aromatic carbocycles. The molecule has 1 N–H and O–H groups in total. The van der Waals surface area contributed by atoms with Gasteiger partial charge in [0.05, 0.1) is 6.26 Å². The van der Waals surface area contributed by atoms with Gasteiger partial charge in [-0.05, 0) is 19.1 Å². The van der Waals surface area contributed by atoms with Crippen molar-refractivity contribution >= 4 is 5.97 Å². The van der Waals surface area contributed by atoms with Crippen LogP contribution in [0.2, 0.25) is 0 Å². The molecule has 1 heterocycles. The molecule has 0 aliphatic carbocycles. The molecule has 0 radical (unpaired) electrons. The zero-order valence-electron chi connectivity index (χ0n) is 8.99. The van der Waals surface area contributed by atoms with Crippen LogP contribution >= 0.6 is 0 Å². The van der Waals surface area contributed by atoms with Crippen LogP contribution in [-0.2, 0) is 9.47 Å². The molecule has 0 amide bonds. The number of aryl methyl sites for hydroxylation is 1. The van der Waals surface area contributed by atoms with E-state index in [9.17, 15) is 9.59 Å². The molecule has 5 heteroatoms. The monoisotopic (exact) mass is 223 g/mol. The van der Waals surface area contributed by atoms with Gasteiger partial charge in [0.15, 0.2) is 0 Å². The average Bonchev–Trinajstić information content (AvgIpc) is 2.24. The fourth-order valence-corrected chi connectivity index (χ4v) is 1.08. The number of carbonyl (C=O) groups is 1. The van der Waals surface area contributed by atoms with Crippen molar-refractivity contribution in [1.82, 2.24) is 4.98 Å². The van der Waals surface area contributed by atoms with Crippen LogP contribution in [0.4, 0.5) is 0 Å². The molecule has 0 atom stereocenters. The fourth-order valence-electron chi connectivity index (χ4n) is 1.08. The Morgan fingerprint density at radius 3 is 2.88 bits per heavy atom. The molecule has 5 nitrogen and oxygen atoms in total. The van der Waals surface area contributed by atoms with Crippen LogP contribution in [0.1, 0.15) is 16.1 Å². The van der Waals surface area contributed by atoms with Gasteiger partial charge in [0.25, 0.3) is 5.56 Å². The normalized spacial score (nSPS) is 9.56. The first-order valence-corrected chi connectivity index (χ1v) is 4.74. The first kappa shape index (κ1) is 12.0. The average molecular weight is 223 g/mol. The number of nitrogens with one attached hydrogen (secondary N) is 1. The van der Waals surface area contributed by atoms with Gasteiger partial charge in [0.1, 0.15) is 18.8 Å². The smallest absolute Gasteiger partial charge is 0.343 e. The van der Waals surface area contributed by atoms with Crippen LogP contribution in [0, 0.1) is 6.92 Å². The van der Waals surface area contributed by atoms with Crippen molar-refractivity contribution in [3.63, 3.8) is 0 Å². The highest BCUT2D eigenvalue weighted by atomic mass is 16.6. The molecular formula is C11H13NO4. The predicted molar refractivity (Wildman–Crippen MR) is 58.2 cm³/mol. The van der Waals surface area contributed by atoms with Crippen molar-refractivity contribution < 1.29 is 14.3 Å². The standard InChI is InChI=1S/C11H13NO4/c1-3-15-6-7-16-11(14)9-5-4-8(2)12-10(9)13/h3-5H,1,6-7H2,2H3,(H,12,13). The molecule has 0 saturated carbocycles. The highest BCUT2D eigenvalue weighted by Crippen LogP contribution is 1.96. The summed E-state index contributed by atoms with van der Waals surface area (Å²) in [7, 11) is 0. The van der Waals surface area contributed by atoms with E-state index in [0.717, 1.165) is 0 Å². The molecule has 0 unspecified atom stereocenters. The molecule has 0 bridgehead atoms. The number of ether oxygens (including phenoxy) is 2. The topological polar surface area (TPSA) is 68.4 Å². The van der Waals surface area contributed by atoms with Crippen LogP contribution in [0.25, 0.3) is 0 Å². The highest BCUT2D eigenvalue weighted by molar-refractivity contribution is 5.88. The third-order valence-electron chi connectivity index (χ3n) is 1.83. The quantitative estimate of drug-likeness (QED) is 0.459.